The first-order chi connectivity index (χ1) is 11.5. The van der Waals surface area contributed by atoms with Crippen LogP contribution in [0.1, 0.15) is 10.6 Å². The summed E-state index contributed by atoms with van der Waals surface area (Å²) in [6.45, 7) is 0. The van der Waals surface area contributed by atoms with Crippen molar-refractivity contribution >= 4 is 5.91 Å². The number of carbonyl (C=O) groups is 1. The number of hydrogen-bond acceptors (Lipinski definition) is 4. The number of benzene rings is 2. The Morgan fingerprint density at radius 3 is 2.46 bits per heavy atom. The summed E-state index contributed by atoms with van der Waals surface area (Å²) in [7, 11) is 0. The highest BCUT2D eigenvalue weighted by molar-refractivity contribution is 5.89. The normalized spacial score (nSPS) is 10.4. The summed E-state index contributed by atoms with van der Waals surface area (Å²) in [5.74, 6) is -1.67. The molecule has 0 bridgehead atoms. The number of primary amides is 1. The second-order valence-electron chi connectivity index (χ2n) is 4.83. The molecule has 1 heterocycles. The molecule has 0 aliphatic heterocycles. The van der Waals surface area contributed by atoms with Crippen LogP contribution in [0.5, 0.6) is 11.5 Å². The molecule has 3 aromatic rings. The van der Waals surface area contributed by atoms with Crippen LogP contribution >= 0.6 is 0 Å². The van der Waals surface area contributed by atoms with Crippen LogP contribution in [-0.4, -0.2) is 15.9 Å². The minimum atomic E-state index is -0.770. The van der Waals surface area contributed by atoms with E-state index in [4.69, 9.17) is 10.5 Å². The molecular formula is C17H11F2N3O2. The maximum absolute atomic E-state index is 14.2. The van der Waals surface area contributed by atoms with Crippen molar-refractivity contribution in [2.24, 2.45) is 5.73 Å². The lowest BCUT2D eigenvalue weighted by atomic mass is 10.1. The summed E-state index contributed by atoms with van der Waals surface area (Å²) < 4.78 is 32.5. The maximum Gasteiger partial charge on any atom is 0.286 e. The molecule has 120 valence electrons. The van der Waals surface area contributed by atoms with Gasteiger partial charge in [-0.05, 0) is 48.5 Å². The quantitative estimate of drug-likeness (QED) is 0.797. The second kappa shape index (κ2) is 6.41. The predicted molar refractivity (Wildman–Crippen MR) is 82.4 cm³/mol. The molecule has 3 rings (SSSR count). The Labute approximate surface area is 135 Å². The number of rotatable bonds is 4. The number of amides is 1. The first-order valence-corrected chi connectivity index (χ1v) is 6.89. The monoisotopic (exact) mass is 327 g/mol. The molecule has 0 fully saturated rings. The van der Waals surface area contributed by atoms with E-state index in [0.29, 0.717) is 17.0 Å². The minimum Gasteiger partial charge on any atom is -0.454 e. The number of ether oxygens (including phenoxy) is 1. The van der Waals surface area contributed by atoms with Gasteiger partial charge in [-0.15, -0.1) is 0 Å². The van der Waals surface area contributed by atoms with E-state index < -0.39 is 17.5 Å². The molecular weight excluding hydrogens is 316 g/mol. The number of hydrogen-bond donors (Lipinski definition) is 1. The Hall–Kier alpha value is -3.35. The SMILES string of the molecule is NC(=O)c1nccc(-c2ccc(Oc3ccc(F)cc3)c(F)c2)n1. The lowest BCUT2D eigenvalue weighted by Crippen LogP contribution is -2.15. The lowest BCUT2D eigenvalue weighted by molar-refractivity contribution is 0.0990. The van der Waals surface area contributed by atoms with Gasteiger partial charge in [-0.25, -0.2) is 18.7 Å². The molecule has 0 saturated heterocycles. The number of nitrogens with zero attached hydrogens (tertiary/aromatic N) is 2. The molecule has 7 heteroatoms. The fourth-order valence-corrected chi connectivity index (χ4v) is 2.01. The highest BCUT2D eigenvalue weighted by atomic mass is 19.1. The third-order valence-corrected chi connectivity index (χ3v) is 3.15. The molecule has 0 atom stereocenters. The maximum atomic E-state index is 14.2. The second-order valence-corrected chi connectivity index (χ2v) is 4.83. The third-order valence-electron chi connectivity index (χ3n) is 3.15. The Kier molecular flexibility index (Phi) is 4.15. The number of aromatic nitrogens is 2. The van der Waals surface area contributed by atoms with Crippen LogP contribution in [0, 0.1) is 11.6 Å². The Balaban J connectivity index is 1.88. The van der Waals surface area contributed by atoms with Crippen LogP contribution < -0.4 is 10.5 Å². The van der Waals surface area contributed by atoms with Crippen LogP contribution in [0.15, 0.2) is 54.7 Å². The van der Waals surface area contributed by atoms with Crippen molar-refractivity contribution < 1.29 is 18.3 Å². The Morgan fingerprint density at radius 2 is 1.79 bits per heavy atom. The third kappa shape index (κ3) is 3.35. The summed E-state index contributed by atoms with van der Waals surface area (Å²) >= 11 is 0. The zero-order valence-electron chi connectivity index (χ0n) is 12.2. The first-order valence-electron chi connectivity index (χ1n) is 6.89. The summed E-state index contributed by atoms with van der Waals surface area (Å²) in [4.78, 5) is 18.8. The highest BCUT2D eigenvalue weighted by Gasteiger charge is 2.11. The van der Waals surface area contributed by atoms with Crippen molar-refractivity contribution in [3.05, 3.63) is 72.2 Å². The van der Waals surface area contributed by atoms with Gasteiger partial charge in [0.05, 0.1) is 5.69 Å². The summed E-state index contributed by atoms with van der Waals surface area (Å²) in [6, 6.07) is 11.0. The van der Waals surface area contributed by atoms with Gasteiger partial charge in [0, 0.05) is 11.8 Å². The van der Waals surface area contributed by atoms with Crippen molar-refractivity contribution in [2.75, 3.05) is 0 Å². The zero-order valence-corrected chi connectivity index (χ0v) is 12.2. The van der Waals surface area contributed by atoms with E-state index in [9.17, 15) is 13.6 Å². The summed E-state index contributed by atoms with van der Waals surface area (Å²) in [6.07, 6.45) is 1.36. The van der Waals surface area contributed by atoms with E-state index in [2.05, 4.69) is 9.97 Å². The Bertz CT molecular complexity index is 899. The van der Waals surface area contributed by atoms with E-state index in [0.717, 1.165) is 0 Å². The van der Waals surface area contributed by atoms with Crippen molar-refractivity contribution in [1.82, 2.24) is 9.97 Å². The number of carbonyl (C=O) groups excluding carboxylic acids is 1. The summed E-state index contributed by atoms with van der Waals surface area (Å²) in [5, 5.41) is 0. The molecule has 2 aromatic carbocycles. The number of halogens is 2. The van der Waals surface area contributed by atoms with Crippen LogP contribution in [0.25, 0.3) is 11.3 Å². The molecule has 24 heavy (non-hydrogen) atoms. The van der Waals surface area contributed by atoms with Crippen molar-refractivity contribution in [3.8, 4) is 22.8 Å². The topological polar surface area (TPSA) is 78.1 Å². The van der Waals surface area contributed by atoms with Crippen LogP contribution in [-0.2, 0) is 0 Å². The molecule has 0 unspecified atom stereocenters. The number of nitrogens with two attached hydrogens (primary N) is 1. The smallest absolute Gasteiger partial charge is 0.286 e. The largest absolute Gasteiger partial charge is 0.454 e. The zero-order chi connectivity index (χ0) is 17.1. The molecule has 0 radical (unpaired) electrons. The fourth-order valence-electron chi connectivity index (χ4n) is 2.01. The van der Waals surface area contributed by atoms with Crippen molar-refractivity contribution in [3.63, 3.8) is 0 Å². The van der Waals surface area contributed by atoms with Crippen LogP contribution in [0.2, 0.25) is 0 Å². The van der Waals surface area contributed by atoms with Crippen molar-refractivity contribution in [1.29, 1.82) is 0 Å². The molecule has 1 amide bonds. The average Bonchev–Trinajstić information content (AvgIpc) is 2.58. The van der Waals surface area contributed by atoms with Gasteiger partial charge in [-0.2, -0.15) is 0 Å². The highest BCUT2D eigenvalue weighted by Crippen LogP contribution is 2.28. The Morgan fingerprint density at radius 1 is 1.04 bits per heavy atom. The molecule has 0 aliphatic carbocycles. The van der Waals surface area contributed by atoms with E-state index in [1.54, 1.807) is 6.07 Å². The first kappa shape index (κ1) is 15.5. The van der Waals surface area contributed by atoms with Gasteiger partial charge in [-0.3, -0.25) is 4.79 Å². The lowest BCUT2D eigenvalue weighted by Gasteiger charge is -2.08. The molecule has 0 saturated carbocycles. The predicted octanol–water partition coefficient (Wildman–Crippen LogP) is 3.31. The van der Waals surface area contributed by atoms with Gasteiger partial charge >= 0.3 is 0 Å². The summed E-state index contributed by atoms with van der Waals surface area (Å²) in [5.41, 5.74) is 5.91. The van der Waals surface area contributed by atoms with Gasteiger partial charge < -0.3 is 10.5 Å². The van der Waals surface area contributed by atoms with E-state index in [-0.39, 0.29) is 11.6 Å². The van der Waals surface area contributed by atoms with E-state index >= 15 is 0 Å². The molecule has 0 aliphatic rings. The minimum absolute atomic E-state index is 0.0189. The van der Waals surface area contributed by atoms with Crippen molar-refractivity contribution in [2.45, 2.75) is 0 Å². The van der Waals surface area contributed by atoms with Crippen LogP contribution in [0.3, 0.4) is 0 Å². The van der Waals surface area contributed by atoms with E-state index in [1.807, 2.05) is 0 Å². The molecule has 2 N–H and O–H groups in total. The van der Waals surface area contributed by atoms with Gasteiger partial charge in [0.1, 0.15) is 11.6 Å². The van der Waals surface area contributed by atoms with Gasteiger partial charge in [0.25, 0.3) is 5.91 Å². The van der Waals surface area contributed by atoms with E-state index in [1.165, 1.54) is 48.7 Å². The van der Waals surface area contributed by atoms with Gasteiger partial charge in [0.2, 0.25) is 5.82 Å². The fraction of sp³-hybridized carbons (Fsp3) is 0. The molecule has 0 spiro atoms. The molecule has 1 aromatic heterocycles. The molecule has 5 nitrogen and oxygen atoms in total. The average molecular weight is 327 g/mol. The van der Waals surface area contributed by atoms with Crippen LogP contribution in [0.4, 0.5) is 8.78 Å². The van der Waals surface area contributed by atoms with Gasteiger partial charge in [-0.1, -0.05) is 0 Å². The standard InChI is InChI=1S/C17H11F2N3O2/c18-11-2-4-12(5-3-11)24-15-6-1-10(9-13(15)19)14-7-8-21-17(22-14)16(20)23/h1-9H,(H2,20,23). The van der Waals surface area contributed by atoms with Gasteiger partial charge in [0.15, 0.2) is 11.6 Å².